The third kappa shape index (κ3) is 6.45. The number of likely N-dealkylation sites (tertiary alicyclic amines) is 1. The molecule has 1 aromatic rings. The van der Waals surface area contributed by atoms with Crippen molar-refractivity contribution in [2.24, 2.45) is 17.6 Å². The average molecular weight is 582 g/mol. The van der Waals surface area contributed by atoms with Crippen LogP contribution in [0.15, 0.2) is 42.0 Å². The fraction of sp³-hybridized carbons (Fsp3) is 0.593. The standard InChI is InChI=1S/C27H37F2N5O7/c1-6-39-26(5,38)22-18(11-16-9-10-31-21(12-16)33-25(4,37)15(3)30)23(35)34(22)24(36)32-14(2)17-7-8-19-20(13-17)41-27(28,29)40-19/h7-10,12,14-15,17-18,22,37-38H,6,11,13,30H2,1-5H3,(H,31,33)(H,32,36). The van der Waals surface area contributed by atoms with Crippen LogP contribution in [0.25, 0.3) is 0 Å². The molecule has 1 aromatic heterocycles. The third-order valence-corrected chi connectivity index (χ3v) is 7.62. The summed E-state index contributed by atoms with van der Waals surface area (Å²) in [6, 6.07) is 0.368. The van der Waals surface area contributed by atoms with Gasteiger partial charge in [-0.05, 0) is 64.8 Å². The molecule has 41 heavy (non-hydrogen) atoms. The van der Waals surface area contributed by atoms with Gasteiger partial charge in [-0.15, -0.1) is 8.78 Å². The summed E-state index contributed by atoms with van der Waals surface area (Å²) in [5.74, 6) is -3.35. The molecule has 1 saturated heterocycles. The molecule has 0 bridgehead atoms. The zero-order chi connectivity index (χ0) is 30.3. The number of hydrogen-bond donors (Lipinski definition) is 5. The Labute approximate surface area is 236 Å². The Kier molecular flexibility index (Phi) is 8.33. The van der Waals surface area contributed by atoms with Crippen molar-refractivity contribution in [1.29, 1.82) is 0 Å². The highest BCUT2D eigenvalue weighted by atomic mass is 19.3. The van der Waals surface area contributed by atoms with Gasteiger partial charge in [0, 0.05) is 37.2 Å². The molecule has 7 atom stereocenters. The summed E-state index contributed by atoms with van der Waals surface area (Å²) in [5, 5.41) is 27.2. The molecule has 0 aromatic carbocycles. The number of aliphatic hydroxyl groups is 2. The number of carbonyl (C=O) groups is 2. The van der Waals surface area contributed by atoms with Crippen LogP contribution in [0.1, 0.15) is 46.6 Å². The number of pyridine rings is 1. The van der Waals surface area contributed by atoms with Crippen molar-refractivity contribution in [2.45, 2.75) is 83.4 Å². The molecule has 1 aliphatic carbocycles. The predicted octanol–water partition coefficient (Wildman–Crippen LogP) is 2.15. The molecule has 3 aliphatic rings. The highest BCUT2D eigenvalue weighted by Crippen LogP contribution is 2.41. The molecule has 0 spiro atoms. The SMILES string of the molecule is CCOC(C)(O)C1C(Cc2ccnc(NC(C)(O)C(C)N)c2)C(=O)N1C(=O)NC(C)C1C=CC2=C(C1)OC(F)(F)O2. The van der Waals surface area contributed by atoms with E-state index in [0.29, 0.717) is 11.4 Å². The maximum atomic E-state index is 13.4. The van der Waals surface area contributed by atoms with Gasteiger partial charge in [0.05, 0.1) is 5.92 Å². The largest absolute Gasteiger partial charge is 0.585 e. The number of allylic oxidation sites excluding steroid dienone is 2. The second-order valence-corrected chi connectivity index (χ2v) is 11.0. The van der Waals surface area contributed by atoms with Crippen LogP contribution in [0.2, 0.25) is 0 Å². The van der Waals surface area contributed by atoms with Crippen molar-refractivity contribution in [1.82, 2.24) is 15.2 Å². The Morgan fingerprint density at radius 2 is 2.05 bits per heavy atom. The Hall–Kier alpha value is -3.33. The van der Waals surface area contributed by atoms with Gasteiger partial charge >= 0.3 is 12.3 Å². The first-order valence-corrected chi connectivity index (χ1v) is 13.4. The number of nitrogens with two attached hydrogens (primary N) is 1. The minimum Gasteiger partial charge on any atom is -0.400 e. The van der Waals surface area contributed by atoms with Gasteiger partial charge in [0.15, 0.2) is 11.5 Å². The van der Waals surface area contributed by atoms with Crippen LogP contribution in [0.5, 0.6) is 0 Å². The molecule has 6 N–H and O–H groups in total. The van der Waals surface area contributed by atoms with Crippen molar-refractivity contribution >= 4 is 17.8 Å². The van der Waals surface area contributed by atoms with Crippen LogP contribution in [-0.4, -0.2) is 74.6 Å². The molecule has 0 saturated carbocycles. The summed E-state index contributed by atoms with van der Waals surface area (Å²) in [7, 11) is 0. The second kappa shape index (κ2) is 11.2. The third-order valence-electron chi connectivity index (χ3n) is 7.62. The molecular formula is C27H37F2N5O7. The molecule has 12 nitrogen and oxygen atoms in total. The molecule has 4 rings (SSSR count). The smallest absolute Gasteiger partial charge is 0.400 e. The Morgan fingerprint density at radius 3 is 2.71 bits per heavy atom. The summed E-state index contributed by atoms with van der Waals surface area (Å²) in [5.41, 5.74) is 5.05. The van der Waals surface area contributed by atoms with E-state index in [-0.39, 0.29) is 31.0 Å². The van der Waals surface area contributed by atoms with Crippen LogP contribution in [0.4, 0.5) is 19.4 Å². The number of aromatic nitrogens is 1. The number of β-lactam (4-membered cyclic amide) rings is 1. The van der Waals surface area contributed by atoms with Crippen molar-refractivity contribution in [3.8, 4) is 0 Å². The fourth-order valence-electron chi connectivity index (χ4n) is 5.14. The minimum atomic E-state index is -3.74. The zero-order valence-electron chi connectivity index (χ0n) is 23.6. The molecule has 3 heterocycles. The van der Waals surface area contributed by atoms with Crippen LogP contribution >= 0.6 is 0 Å². The van der Waals surface area contributed by atoms with Gasteiger partial charge < -0.3 is 40.8 Å². The first-order chi connectivity index (χ1) is 19.0. The molecule has 3 amide bonds. The fourth-order valence-corrected chi connectivity index (χ4v) is 5.14. The highest BCUT2D eigenvalue weighted by Gasteiger charge is 2.59. The normalized spacial score (nSPS) is 27.4. The van der Waals surface area contributed by atoms with Gasteiger partial charge in [0.2, 0.25) is 5.91 Å². The molecule has 0 radical (unpaired) electrons. The number of halogens is 2. The number of rotatable bonds is 10. The van der Waals surface area contributed by atoms with E-state index in [9.17, 15) is 28.6 Å². The van der Waals surface area contributed by atoms with Gasteiger partial charge in [-0.25, -0.2) is 9.78 Å². The number of imide groups is 1. The number of carbonyl (C=O) groups excluding carboxylic acids is 2. The maximum absolute atomic E-state index is 13.4. The summed E-state index contributed by atoms with van der Waals surface area (Å²) in [6.45, 7) is 8.02. The van der Waals surface area contributed by atoms with E-state index in [2.05, 4.69) is 25.1 Å². The van der Waals surface area contributed by atoms with E-state index < -0.39 is 59.7 Å². The van der Waals surface area contributed by atoms with Crippen molar-refractivity contribution in [3.05, 3.63) is 47.6 Å². The van der Waals surface area contributed by atoms with E-state index in [0.717, 1.165) is 4.90 Å². The molecule has 226 valence electrons. The van der Waals surface area contributed by atoms with Gasteiger partial charge in [-0.2, -0.15) is 0 Å². The summed E-state index contributed by atoms with van der Waals surface area (Å²) < 4.78 is 41.4. The van der Waals surface area contributed by atoms with Gasteiger partial charge in [0.25, 0.3) is 0 Å². The second-order valence-electron chi connectivity index (χ2n) is 11.0. The topological polar surface area (TPSA) is 168 Å². The van der Waals surface area contributed by atoms with Crippen molar-refractivity contribution < 1.29 is 42.8 Å². The van der Waals surface area contributed by atoms with Crippen LogP contribution in [-0.2, 0) is 25.4 Å². The highest BCUT2D eigenvalue weighted by molar-refractivity contribution is 6.01. The minimum absolute atomic E-state index is 0.0190. The van der Waals surface area contributed by atoms with E-state index in [1.54, 1.807) is 39.0 Å². The van der Waals surface area contributed by atoms with E-state index in [1.165, 1.54) is 26.1 Å². The van der Waals surface area contributed by atoms with E-state index in [4.69, 9.17) is 10.5 Å². The van der Waals surface area contributed by atoms with Crippen LogP contribution < -0.4 is 16.4 Å². The summed E-state index contributed by atoms with van der Waals surface area (Å²) in [6.07, 6.45) is 0.977. The molecular weight excluding hydrogens is 544 g/mol. The van der Waals surface area contributed by atoms with Crippen molar-refractivity contribution in [2.75, 3.05) is 11.9 Å². The lowest BCUT2D eigenvalue weighted by Gasteiger charge is -2.51. The number of amides is 3. The van der Waals surface area contributed by atoms with Crippen molar-refractivity contribution in [3.63, 3.8) is 0 Å². The number of urea groups is 1. The molecule has 2 aliphatic heterocycles. The number of nitrogens with one attached hydrogen (secondary N) is 2. The van der Waals surface area contributed by atoms with Gasteiger partial charge in [-0.3, -0.25) is 9.69 Å². The predicted molar refractivity (Wildman–Crippen MR) is 142 cm³/mol. The first kappa shape index (κ1) is 30.6. The molecule has 7 unspecified atom stereocenters. The van der Waals surface area contributed by atoms with Crippen LogP contribution in [0.3, 0.4) is 0 Å². The Balaban J connectivity index is 1.46. The number of ether oxygens (including phenoxy) is 3. The number of nitrogens with zero attached hydrogens (tertiary/aromatic N) is 2. The lowest BCUT2D eigenvalue weighted by molar-refractivity contribution is -0.336. The average Bonchev–Trinajstić information content (AvgIpc) is 3.18. The summed E-state index contributed by atoms with van der Waals surface area (Å²) in [4.78, 5) is 31.8. The quantitative estimate of drug-likeness (QED) is 0.204. The van der Waals surface area contributed by atoms with E-state index >= 15 is 0 Å². The lowest BCUT2D eigenvalue weighted by atomic mass is 9.78. The van der Waals surface area contributed by atoms with Gasteiger partial charge in [0.1, 0.15) is 23.3 Å². The Bertz CT molecular complexity index is 1240. The number of alkyl halides is 2. The number of hydrogen-bond acceptors (Lipinski definition) is 10. The Morgan fingerprint density at radius 1 is 1.34 bits per heavy atom. The van der Waals surface area contributed by atoms with Crippen LogP contribution in [0, 0.1) is 11.8 Å². The summed E-state index contributed by atoms with van der Waals surface area (Å²) >= 11 is 0. The lowest BCUT2D eigenvalue weighted by Crippen LogP contribution is -2.73. The van der Waals surface area contributed by atoms with E-state index in [1.807, 2.05) is 0 Å². The maximum Gasteiger partial charge on any atom is 0.585 e. The number of anilines is 1. The first-order valence-electron chi connectivity index (χ1n) is 13.4. The molecule has 1 fully saturated rings. The van der Waals surface area contributed by atoms with Gasteiger partial charge in [-0.1, -0.05) is 6.08 Å². The monoisotopic (exact) mass is 581 g/mol. The zero-order valence-corrected chi connectivity index (χ0v) is 23.6. The molecule has 14 heteroatoms.